The largest absolute Gasteiger partial charge is 0.387 e. The maximum atomic E-state index is 14.0. The molecular weight excluding hydrogens is 1850 g/mol. The van der Waals surface area contributed by atoms with E-state index in [1.54, 1.807) is 36.2 Å². The van der Waals surface area contributed by atoms with Gasteiger partial charge in [-0.2, -0.15) is 24.8 Å². The zero-order valence-corrected chi connectivity index (χ0v) is 82.8. The number of piperazine rings is 1. The van der Waals surface area contributed by atoms with Crippen LogP contribution in [0.15, 0.2) is 176 Å². The van der Waals surface area contributed by atoms with Crippen molar-refractivity contribution in [3.05, 3.63) is 210 Å². The quantitative estimate of drug-likeness (QED) is 0.0445. The van der Waals surface area contributed by atoms with Crippen LogP contribution in [0, 0.1) is 5.95 Å². The van der Waals surface area contributed by atoms with Crippen LogP contribution in [0.2, 0.25) is 0 Å². The fraction of sp³-hybridized carbons (Fsp3) is 0.333. The van der Waals surface area contributed by atoms with Gasteiger partial charge in [-0.15, -0.1) is 30.6 Å². The summed E-state index contributed by atoms with van der Waals surface area (Å²) in [7, 11) is 15.5. The van der Waals surface area contributed by atoms with Crippen LogP contribution in [-0.2, 0) is 0 Å². The topological polar surface area (TPSA) is 420 Å². The molecule has 0 unspecified atom stereocenters. The second-order valence-corrected chi connectivity index (χ2v) is 38.6. The van der Waals surface area contributed by atoms with Crippen molar-refractivity contribution >= 4 is 197 Å². The SMILES string of the molecule is CN(C)CCNC(=O)c1c(NC2CC2)c2ccnnc2n2c1nc1ccccc12.CN1CCCN(C(=O)c2c(NC3CC3)c3ccnnc3n3c2nc2ccccc23)CC1.CNc1c(C(=O)N2CCCN(C)CC2)c2nc3ccccc3n2c2nnccc12.CNc1c(C(=O)N2C[C@@H](C)N[C@@H](C)C2)c2nc3ccccc3n2c2nnccc12.CNc1c(C(=O)NC2CN(C)C2)c2nc3ccccc3n2c2nnc(F)cc12. The first-order chi connectivity index (χ1) is 71.2. The Kier molecular flexibility index (Phi) is 25.7. The van der Waals surface area contributed by atoms with Gasteiger partial charge in [-0.1, -0.05) is 60.7 Å². The molecule has 0 radical (unpaired) electrons. The first-order valence-corrected chi connectivity index (χ1v) is 49.6. The first kappa shape index (κ1) is 94.5. The molecular formula is C105H112FN35O5. The highest BCUT2D eigenvalue weighted by molar-refractivity contribution is 6.19. The van der Waals surface area contributed by atoms with Crippen LogP contribution in [0.5, 0.6) is 0 Å². The number of amides is 5. The predicted molar refractivity (Wildman–Crippen MR) is 564 cm³/mol. The lowest BCUT2D eigenvalue weighted by molar-refractivity contribution is 0.0675. The lowest BCUT2D eigenvalue weighted by Gasteiger charge is -2.36. The smallest absolute Gasteiger partial charge is 0.259 e. The molecule has 4 saturated heterocycles. The van der Waals surface area contributed by atoms with Crippen molar-refractivity contribution in [3.8, 4) is 0 Å². The predicted octanol–water partition coefficient (Wildman–Crippen LogP) is 11.3. The number of hydrogen-bond donors (Lipinski definition) is 8. The number of imidazole rings is 5. The number of para-hydroxylation sites is 10. The second kappa shape index (κ2) is 39.7. The van der Waals surface area contributed by atoms with Crippen LogP contribution in [-0.4, -0.2) is 340 Å². The lowest BCUT2D eigenvalue weighted by atomic mass is 10.1. The summed E-state index contributed by atoms with van der Waals surface area (Å²) in [6.45, 7) is 15.1. The normalized spacial score (nSPS) is 16.7. The molecule has 6 aliphatic rings. The third-order valence-electron chi connectivity index (χ3n) is 27.9. The Bertz CT molecular complexity index is 8530. The van der Waals surface area contributed by atoms with Gasteiger partial charge in [-0.05, 0) is 186 Å². The number of anilines is 5. The molecule has 5 amide bonds. The minimum absolute atomic E-state index is 0.00340. The molecule has 19 heterocycles. The van der Waals surface area contributed by atoms with Crippen molar-refractivity contribution in [1.82, 2.24) is 148 Å². The number of carbonyl (C=O) groups is 5. The zero-order valence-electron chi connectivity index (χ0n) is 82.8. The molecule has 40 nitrogen and oxygen atoms in total. The van der Waals surface area contributed by atoms with Crippen molar-refractivity contribution in [1.29, 1.82) is 0 Å². The van der Waals surface area contributed by atoms with Crippen LogP contribution in [0.3, 0.4) is 0 Å². The van der Waals surface area contributed by atoms with E-state index in [0.29, 0.717) is 128 Å². The maximum absolute atomic E-state index is 14.0. The highest BCUT2D eigenvalue weighted by Crippen LogP contribution is 2.43. The number of rotatable bonds is 16. The van der Waals surface area contributed by atoms with E-state index in [2.05, 4.69) is 141 Å². The van der Waals surface area contributed by atoms with Gasteiger partial charge in [-0.3, -0.25) is 46.0 Å². The first-order valence-electron chi connectivity index (χ1n) is 49.6. The number of fused-ring (bicyclic) bond motifs is 25. The third kappa shape index (κ3) is 17.7. The molecule has 2 aliphatic carbocycles. The fourth-order valence-corrected chi connectivity index (χ4v) is 20.7. The van der Waals surface area contributed by atoms with Crippen LogP contribution < -0.4 is 42.5 Å². The van der Waals surface area contributed by atoms with E-state index in [1.807, 2.05) is 218 Å². The van der Waals surface area contributed by atoms with Crippen LogP contribution in [0.1, 0.15) is 104 Å². The van der Waals surface area contributed by atoms with Crippen molar-refractivity contribution in [2.24, 2.45) is 0 Å². The second-order valence-electron chi connectivity index (χ2n) is 38.6. The Morgan fingerprint density at radius 3 is 1.07 bits per heavy atom. The van der Waals surface area contributed by atoms with E-state index in [1.165, 1.54) is 6.07 Å². The summed E-state index contributed by atoms with van der Waals surface area (Å²) < 4.78 is 23.5. The molecule has 4 aliphatic heterocycles. The molecule has 2 atom stereocenters. The molecule has 744 valence electrons. The lowest BCUT2D eigenvalue weighted by Crippen LogP contribution is -2.57. The number of nitrogens with zero attached hydrogens (tertiary/aromatic N) is 27. The Hall–Kier alpha value is -16.4. The van der Waals surface area contributed by atoms with E-state index >= 15 is 0 Å². The number of hydrogen-bond acceptors (Lipinski definition) is 30. The van der Waals surface area contributed by atoms with E-state index in [-0.39, 0.29) is 47.7 Å². The van der Waals surface area contributed by atoms with E-state index < -0.39 is 5.95 Å². The van der Waals surface area contributed by atoms with Crippen molar-refractivity contribution in [2.75, 3.05) is 175 Å². The maximum Gasteiger partial charge on any atom is 0.259 e. The van der Waals surface area contributed by atoms with Crippen LogP contribution in [0.4, 0.5) is 32.8 Å². The summed E-state index contributed by atoms with van der Waals surface area (Å²) in [6, 6.07) is 49.3. The molecule has 20 aromatic rings. The highest BCUT2D eigenvalue weighted by Gasteiger charge is 2.38. The van der Waals surface area contributed by atoms with Crippen molar-refractivity contribution < 1.29 is 28.4 Å². The van der Waals surface area contributed by atoms with Crippen LogP contribution in [0.25, 0.3) is 139 Å². The number of pyridine rings is 5. The number of likely N-dealkylation sites (N-methyl/N-ethyl adjacent to an activating group) is 4. The summed E-state index contributed by atoms with van der Waals surface area (Å²) >= 11 is 0. The molecule has 2 saturated carbocycles. The van der Waals surface area contributed by atoms with Crippen LogP contribution >= 0.6 is 0 Å². The number of nitrogens with one attached hydrogen (secondary N) is 8. The van der Waals surface area contributed by atoms with Crippen molar-refractivity contribution in [3.63, 3.8) is 0 Å². The average Bonchev–Trinajstić information content (AvgIpc) is 1.58. The van der Waals surface area contributed by atoms with Gasteiger partial charge in [0, 0.05) is 157 Å². The van der Waals surface area contributed by atoms with Gasteiger partial charge < -0.3 is 76.8 Å². The molecule has 8 N–H and O–H groups in total. The molecule has 41 heteroatoms. The summed E-state index contributed by atoms with van der Waals surface area (Å²) in [6.07, 6.45) is 13.0. The molecule has 26 rings (SSSR count). The molecule has 0 bridgehead atoms. The Morgan fingerprint density at radius 2 is 0.699 bits per heavy atom. The summed E-state index contributed by atoms with van der Waals surface area (Å²) in [4.78, 5) is 107. The van der Waals surface area contributed by atoms with E-state index in [4.69, 9.17) is 19.9 Å². The fourth-order valence-electron chi connectivity index (χ4n) is 20.7. The van der Waals surface area contributed by atoms with Gasteiger partial charge in [0.15, 0.2) is 56.5 Å². The van der Waals surface area contributed by atoms with Gasteiger partial charge >= 0.3 is 0 Å². The molecule has 146 heavy (non-hydrogen) atoms. The molecule has 5 aromatic carbocycles. The van der Waals surface area contributed by atoms with Crippen molar-refractivity contribution in [2.45, 2.75) is 82.6 Å². The Balaban J connectivity index is 0.000000104. The number of aromatic nitrogens is 20. The minimum atomic E-state index is -0.709. The average molecular weight is 1960 g/mol. The Morgan fingerprint density at radius 1 is 0.363 bits per heavy atom. The van der Waals surface area contributed by atoms with Gasteiger partial charge in [0.1, 0.15) is 27.8 Å². The molecule has 0 spiro atoms. The zero-order chi connectivity index (χ0) is 100. The number of carbonyl (C=O) groups excluding carboxylic acids is 5. The summed E-state index contributed by atoms with van der Waals surface area (Å²) in [5.41, 5.74) is 21.0. The number of likely N-dealkylation sites (tertiary alicyclic amines) is 1. The summed E-state index contributed by atoms with van der Waals surface area (Å²) in [5, 5.41) is 71.9. The highest BCUT2D eigenvalue weighted by atomic mass is 19.1. The molecule has 15 aromatic heterocycles. The van der Waals surface area contributed by atoms with Gasteiger partial charge in [0.25, 0.3) is 29.5 Å². The number of benzene rings is 5. The summed E-state index contributed by atoms with van der Waals surface area (Å²) in [5.74, 6) is -1.06. The van der Waals surface area contributed by atoms with E-state index in [0.717, 1.165) is 209 Å². The van der Waals surface area contributed by atoms with Gasteiger partial charge in [-0.25, -0.2) is 24.9 Å². The molecule has 6 fully saturated rings. The van der Waals surface area contributed by atoms with Gasteiger partial charge in [0.2, 0.25) is 5.95 Å². The third-order valence-corrected chi connectivity index (χ3v) is 27.9. The van der Waals surface area contributed by atoms with Gasteiger partial charge in [0.05, 0.1) is 114 Å². The monoisotopic (exact) mass is 1960 g/mol. The standard InChI is InChI=1S/C23H25N7O.3C21H23N7O.C19H18FN7O/c1-28-11-4-12-29(14-13-28)23(31)19-20(25-15-7-8-15)16-9-10-24-27-21(16)30-18-6-3-2-5-17(18)26-22(19)30;1-12-10-27(11-13(2)24-12)21(29)17-18(22-3)14-8-9-23-26-19(14)28-16-7-5-4-6-15(16)25-20(17)28;1-22-18-14-8-9-23-25-19(14)28-16-7-4-3-6-15(16)24-20(28)17(18)21(29)27-11-5-10-26(2)12-13-27;1-27(2)12-11-22-21(29)17-18(24-13-7-8-13)14-9-10-23-26-19(14)28-16-6-4-3-5-15(16)25-20(17)28;1-21-16-11-7-14(20)24-25-17(11)27-13-6-4-3-5-12(13)23-18(27)15(16)19(28)22-10-8-26(2)9-10/h2-3,5-6,9-10,15,25H,4,7-8,11-14H2,1H3;4-9,12-13,22,24H,10-11H2,1-3H3;3-4,6-9,22H,5,10-13H2,1-2H3;3-6,9-10,13,24H,7-8,11-12H2,1-2H3,(H,22,29);3-7,10,21H,8-9H2,1-2H3,(H,22,28)/t;12-,13+;;;. The Labute approximate surface area is 835 Å². The minimum Gasteiger partial charge on any atom is -0.387 e. The van der Waals surface area contributed by atoms with E-state index in [9.17, 15) is 28.4 Å². The number of halogens is 1.